The Hall–Kier alpha value is -2.89. The number of carbonyl (C=O) groups is 3. The third-order valence-corrected chi connectivity index (χ3v) is 10.8. The molecule has 0 saturated heterocycles. The molecule has 0 aromatic heterocycles. The maximum atomic E-state index is 12.8. The molecular formula is C54H94O6. The van der Waals surface area contributed by atoms with Crippen molar-refractivity contribution in [3.8, 4) is 0 Å². The van der Waals surface area contributed by atoms with Gasteiger partial charge in [-0.15, -0.1) is 0 Å². The van der Waals surface area contributed by atoms with E-state index in [9.17, 15) is 14.4 Å². The number of carbonyl (C=O) groups excluding carboxylic acids is 3. The molecule has 0 heterocycles. The smallest absolute Gasteiger partial charge is 0.306 e. The fourth-order valence-electron chi connectivity index (χ4n) is 6.96. The van der Waals surface area contributed by atoms with Crippen LogP contribution >= 0.6 is 0 Å². The number of esters is 3. The summed E-state index contributed by atoms with van der Waals surface area (Å²) in [4.78, 5) is 37.9. The first-order valence-electron chi connectivity index (χ1n) is 25.3. The van der Waals surface area contributed by atoms with Crippen LogP contribution in [0.1, 0.15) is 245 Å². The predicted octanol–water partition coefficient (Wildman–Crippen LogP) is 16.5. The number of unbranched alkanes of at least 4 members (excludes halogenated alkanes) is 24. The Bertz CT molecular complexity index is 1100. The molecule has 0 rings (SSSR count). The number of allylic oxidation sites excluding steroid dienone is 10. The summed E-state index contributed by atoms with van der Waals surface area (Å²) in [5.41, 5.74) is 0. The largest absolute Gasteiger partial charge is 0.462 e. The molecule has 0 bridgehead atoms. The van der Waals surface area contributed by atoms with Gasteiger partial charge in [0.25, 0.3) is 0 Å². The van der Waals surface area contributed by atoms with E-state index in [1.807, 2.05) is 0 Å². The van der Waals surface area contributed by atoms with Crippen LogP contribution in [-0.2, 0) is 28.6 Å². The maximum absolute atomic E-state index is 12.8. The van der Waals surface area contributed by atoms with E-state index in [1.54, 1.807) is 0 Å². The number of hydrogen-bond acceptors (Lipinski definition) is 6. The van der Waals surface area contributed by atoms with Crippen molar-refractivity contribution >= 4 is 17.9 Å². The van der Waals surface area contributed by atoms with Crippen molar-refractivity contribution in [2.75, 3.05) is 13.2 Å². The van der Waals surface area contributed by atoms with Gasteiger partial charge in [0.15, 0.2) is 6.10 Å². The van der Waals surface area contributed by atoms with Gasteiger partial charge in [0.2, 0.25) is 0 Å². The molecule has 6 heteroatoms. The van der Waals surface area contributed by atoms with Crippen LogP contribution in [-0.4, -0.2) is 37.2 Å². The Balaban J connectivity index is 4.42. The molecule has 0 aliphatic rings. The molecule has 0 aliphatic carbocycles. The van der Waals surface area contributed by atoms with Crippen molar-refractivity contribution in [2.45, 2.75) is 252 Å². The second kappa shape index (κ2) is 48.8. The summed E-state index contributed by atoms with van der Waals surface area (Å²) in [5, 5.41) is 0. The lowest BCUT2D eigenvalue weighted by atomic mass is 10.0. The second-order valence-corrected chi connectivity index (χ2v) is 16.7. The Morgan fingerprint density at radius 2 is 0.650 bits per heavy atom. The Labute approximate surface area is 370 Å². The van der Waals surface area contributed by atoms with Gasteiger partial charge in [0, 0.05) is 19.3 Å². The average molecular weight is 839 g/mol. The van der Waals surface area contributed by atoms with Crippen molar-refractivity contribution in [1.29, 1.82) is 0 Å². The van der Waals surface area contributed by atoms with Gasteiger partial charge in [-0.2, -0.15) is 0 Å². The van der Waals surface area contributed by atoms with Crippen LogP contribution in [0.2, 0.25) is 0 Å². The van der Waals surface area contributed by atoms with E-state index in [1.165, 1.54) is 89.9 Å². The minimum atomic E-state index is -0.786. The number of ether oxygens (including phenoxy) is 3. The normalized spacial score (nSPS) is 12.5. The first-order chi connectivity index (χ1) is 29.5. The first-order valence-corrected chi connectivity index (χ1v) is 25.3. The lowest BCUT2D eigenvalue weighted by Gasteiger charge is -2.18. The molecule has 0 amide bonds. The zero-order chi connectivity index (χ0) is 43.7. The molecule has 60 heavy (non-hydrogen) atoms. The lowest BCUT2D eigenvalue weighted by Crippen LogP contribution is -2.30. The average Bonchev–Trinajstić information content (AvgIpc) is 3.24. The quantitative estimate of drug-likeness (QED) is 0.0263. The van der Waals surface area contributed by atoms with Crippen LogP contribution in [0, 0.1) is 0 Å². The summed E-state index contributed by atoms with van der Waals surface area (Å²) in [6, 6.07) is 0. The summed E-state index contributed by atoms with van der Waals surface area (Å²) >= 11 is 0. The highest BCUT2D eigenvalue weighted by Crippen LogP contribution is 2.14. The van der Waals surface area contributed by atoms with Gasteiger partial charge >= 0.3 is 17.9 Å². The van der Waals surface area contributed by atoms with Crippen LogP contribution in [0.25, 0.3) is 0 Å². The first kappa shape index (κ1) is 57.1. The molecule has 0 saturated carbocycles. The van der Waals surface area contributed by atoms with Gasteiger partial charge in [0.05, 0.1) is 0 Å². The van der Waals surface area contributed by atoms with Crippen LogP contribution in [0.4, 0.5) is 0 Å². The minimum Gasteiger partial charge on any atom is -0.462 e. The molecule has 0 unspecified atom stereocenters. The fraction of sp³-hybridized carbons (Fsp3) is 0.759. The Kier molecular flexibility index (Phi) is 46.4. The van der Waals surface area contributed by atoms with Gasteiger partial charge in [0.1, 0.15) is 13.2 Å². The molecule has 6 nitrogen and oxygen atoms in total. The highest BCUT2D eigenvalue weighted by molar-refractivity contribution is 5.71. The van der Waals surface area contributed by atoms with Crippen molar-refractivity contribution < 1.29 is 28.6 Å². The van der Waals surface area contributed by atoms with E-state index >= 15 is 0 Å². The van der Waals surface area contributed by atoms with E-state index < -0.39 is 6.10 Å². The van der Waals surface area contributed by atoms with Gasteiger partial charge in [-0.05, 0) is 83.5 Å². The van der Waals surface area contributed by atoms with E-state index in [-0.39, 0.29) is 31.1 Å². The summed E-state index contributed by atoms with van der Waals surface area (Å²) in [6.45, 7) is 6.47. The molecular weight excluding hydrogens is 745 g/mol. The van der Waals surface area contributed by atoms with Gasteiger partial charge in [-0.3, -0.25) is 14.4 Å². The van der Waals surface area contributed by atoms with E-state index in [0.29, 0.717) is 19.3 Å². The monoisotopic (exact) mass is 839 g/mol. The molecule has 1 atom stereocenters. The van der Waals surface area contributed by atoms with E-state index in [2.05, 4.69) is 81.5 Å². The number of hydrogen-bond donors (Lipinski definition) is 0. The second-order valence-electron chi connectivity index (χ2n) is 16.7. The molecule has 346 valence electrons. The van der Waals surface area contributed by atoms with Crippen LogP contribution < -0.4 is 0 Å². The van der Waals surface area contributed by atoms with E-state index in [4.69, 9.17) is 14.2 Å². The molecule has 0 N–H and O–H groups in total. The highest BCUT2D eigenvalue weighted by Gasteiger charge is 2.19. The molecule has 0 aromatic rings. The van der Waals surface area contributed by atoms with Gasteiger partial charge in [-0.1, -0.05) is 204 Å². The fourth-order valence-corrected chi connectivity index (χ4v) is 6.96. The Morgan fingerprint density at radius 3 is 1.05 bits per heavy atom. The van der Waals surface area contributed by atoms with E-state index in [0.717, 1.165) is 116 Å². The SMILES string of the molecule is CC/C=C\C/C=C\C/C=C\CCCCCCCC(=O)O[C@H](COC(=O)CCCCCCC/C=C\C/C=C\CCCCC)COC(=O)CCCCCCCCCCCCCC. The standard InChI is InChI=1S/C54H94O6/c1-4-7-10-13-16-19-22-25-27-29-32-35-38-41-44-47-53(56)59-50-51(49-58-52(55)46-43-40-37-34-31-24-21-18-15-12-9-6-3)60-54(57)48-45-42-39-36-33-30-28-26-23-20-17-14-11-8-5-2/h8,11,16-17,19-20,25-28,51H,4-7,9-10,12-15,18,21-24,29-50H2,1-3H3/b11-8-,19-16-,20-17-,27-25-,28-26-/t51-/m0/s1. The molecule has 0 spiro atoms. The zero-order valence-electron chi connectivity index (χ0n) is 39.5. The van der Waals surface area contributed by atoms with Crippen molar-refractivity contribution in [2.24, 2.45) is 0 Å². The third kappa shape index (κ3) is 46.2. The summed E-state index contributed by atoms with van der Waals surface area (Å²) in [7, 11) is 0. The zero-order valence-corrected chi connectivity index (χ0v) is 39.5. The van der Waals surface area contributed by atoms with Crippen LogP contribution in [0.15, 0.2) is 60.8 Å². The molecule has 0 aliphatic heterocycles. The summed E-state index contributed by atoms with van der Waals surface area (Å²) < 4.78 is 16.8. The minimum absolute atomic E-state index is 0.0843. The summed E-state index contributed by atoms with van der Waals surface area (Å²) in [6.07, 6.45) is 59.1. The van der Waals surface area contributed by atoms with Crippen molar-refractivity contribution in [1.82, 2.24) is 0 Å². The number of rotatable bonds is 45. The lowest BCUT2D eigenvalue weighted by molar-refractivity contribution is -0.167. The van der Waals surface area contributed by atoms with Gasteiger partial charge in [-0.25, -0.2) is 0 Å². The topological polar surface area (TPSA) is 78.9 Å². The summed E-state index contributed by atoms with van der Waals surface area (Å²) in [5.74, 6) is -0.913. The highest BCUT2D eigenvalue weighted by atomic mass is 16.6. The molecule has 0 radical (unpaired) electrons. The van der Waals surface area contributed by atoms with Crippen LogP contribution in [0.5, 0.6) is 0 Å². The molecule has 0 fully saturated rings. The maximum Gasteiger partial charge on any atom is 0.306 e. The molecule has 0 aromatic carbocycles. The van der Waals surface area contributed by atoms with Gasteiger partial charge < -0.3 is 14.2 Å². The predicted molar refractivity (Wildman–Crippen MR) is 256 cm³/mol. The van der Waals surface area contributed by atoms with Crippen molar-refractivity contribution in [3.63, 3.8) is 0 Å². The van der Waals surface area contributed by atoms with Crippen LogP contribution in [0.3, 0.4) is 0 Å². The Morgan fingerprint density at radius 1 is 0.350 bits per heavy atom. The third-order valence-electron chi connectivity index (χ3n) is 10.8. The van der Waals surface area contributed by atoms with Crippen molar-refractivity contribution in [3.05, 3.63) is 60.8 Å².